The van der Waals surface area contributed by atoms with Gasteiger partial charge < -0.3 is 4.57 Å². The molecule has 0 radical (unpaired) electrons. The van der Waals surface area contributed by atoms with Gasteiger partial charge in [-0.1, -0.05) is 31.2 Å². The van der Waals surface area contributed by atoms with Gasteiger partial charge in [0, 0.05) is 18.8 Å². The van der Waals surface area contributed by atoms with Gasteiger partial charge in [0.05, 0.1) is 0 Å². The first kappa shape index (κ1) is 15.6. The highest BCUT2D eigenvalue weighted by molar-refractivity contribution is 7.99. The van der Waals surface area contributed by atoms with Crippen molar-refractivity contribution in [1.82, 2.24) is 19.1 Å². The van der Waals surface area contributed by atoms with Crippen LogP contribution >= 0.6 is 11.8 Å². The Hall–Kier alpha value is -1.76. The van der Waals surface area contributed by atoms with Crippen LogP contribution in [0.2, 0.25) is 0 Å². The van der Waals surface area contributed by atoms with Crippen molar-refractivity contribution in [2.24, 2.45) is 7.05 Å². The molecule has 21 heavy (non-hydrogen) atoms. The fourth-order valence-electron chi connectivity index (χ4n) is 2.04. The lowest BCUT2D eigenvalue weighted by molar-refractivity contribution is 0.600. The van der Waals surface area contributed by atoms with E-state index in [1.54, 1.807) is 7.05 Å². The zero-order valence-electron chi connectivity index (χ0n) is 12.5. The summed E-state index contributed by atoms with van der Waals surface area (Å²) < 4.78 is 3.28. The lowest BCUT2D eigenvalue weighted by Gasteiger charge is -2.09. The average molecular weight is 308 g/mol. The highest BCUT2D eigenvalue weighted by Gasteiger charge is 2.18. The molecule has 0 amide bonds. The lowest BCUT2D eigenvalue weighted by atomic mass is 10.3. The van der Waals surface area contributed by atoms with Crippen LogP contribution in [0.3, 0.4) is 0 Å². The topological polar surface area (TPSA) is 72.7 Å². The number of thioether (sulfide) groups is 1. The van der Waals surface area contributed by atoms with E-state index in [2.05, 4.69) is 23.5 Å². The number of H-pyrrole nitrogens is 1. The molecule has 2 aromatic rings. The maximum absolute atomic E-state index is 12.1. The van der Waals surface area contributed by atoms with Gasteiger partial charge >= 0.3 is 5.69 Å². The van der Waals surface area contributed by atoms with Gasteiger partial charge in [0.25, 0.3) is 5.56 Å². The summed E-state index contributed by atoms with van der Waals surface area (Å²) in [5.41, 5.74) is 0.0682. The monoisotopic (exact) mass is 308 g/mol. The number of rotatable bonds is 6. The molecule has 6 nitrogen and oxygen atoms in total. The van der Waals surface area contributed by atoms with E-state index in [9.17, 15) is 9.59 Å². The summed E-state index contributed by atoms with van der Waals surface area (Å²) in [6.45, 7) is 8.59. The van der Waals surface area contributed by atoms with Gasteiger partial charge in [-0.05, 0) is 13.3 Å². The van der Waals surface area contributed by atoms with Crippen molar-refractivity contribution >= 4 is 22.9 Å². The molecule has 0 aliphatic heterocycles. The van der Waals surface area contributed by atoms with Gasteiger partial charge in [-0.3, -0.25) is 14.3 Å². The van der Waals surface area contributed by atoms with Crippen LogP contribution in [0.5, 0.6) is 0 Å². The predicted octanol–water partition coefficient (Wildman–Crippen LogP) is 1.89. The summed E-state index contributed by atoms with van der Waals surface area (Å²) in [4.78, 5) is 30.7. The number of aromatic nitrogens is 4. The third-order valence-corrected chi connectivity index (χ3v) is 4.42. The molecule has 0 aromatic carbocycles. The highest BCUT2D eigenvalue weighted by Crippen LogP contribution is 2.26. The summed E-state index contributed by atoms with van der Waals surface area (Å²) in [7, 11) is 1.61. The van der Waals surface area contributed by atoms with E-state index in [1.165, 1.54) is 16.3 Å². The van der Waals surface area contributed by atoms with E-state index >= 15 is 0 Å². The molecule has 114 valence electrons. The summed E-state index contributed by atoms with van der Waals surface area (Å²) >= 11 is 1.54. The summed E-state index contributed by atoms with van der Waals surface area (Å²) in [5.74, 6) is 0. The summed E-state index contributed by atoms with van der Waals surface area (Å²) in [5, 5.41) is 0.927. The molecule has 2 heterocycles. The zero-order valence-corrected chi connectivity index (χ0v) is 13.4. The Kier molecular flexibility index (Phi) is 4.72. The van der Waals surface area contributed by atoms with Crippen LogP contribution in [-0.4, -0.2) is 24.4 Å². The Labute approximate surface area is 126 Å². The quantitative estimate of drug-likeness (QED) is 0.653. The smallest absolute Gasteiger partial charge is 0.313 e. The van der Waals surface area contributed by atoms with Crippen LogP contribution in [-0.2, 0) is 13.6 Å². The van der Waals surface area contributed by atoms with Crippen molar-refractivity contribution in [3.63, 3.8) is 0 Å². The number of nitrogens with zero attached hydrogens (tertiary/aromatic N) is 3. The summed E-state index contributed by atoms with van der Waals surface area (Å²) in [6, 6.07) is 0. The van der Waals surface area contributed by atoms with Crippen molar-refractivity contribution in [2.45, 2.75) is 43.6 Å². The van der Waals surface area contributed by atoms with Gasteiger partial charge in [0.1, 0.15) is 0 Å². The molecule has 2 aromatic heterocycles. The molecule has 1 unspecified atom stereocenters. The molecule has 7 heteroatoms. The molecule has 0 spiro atoms. The van der Waals surface area contributed by atoms with Crippen molar-refractivity contribution in [3.05, 3.63) is 33.5 Å². The number of nitrogens with one attached hydrogen (secondary N) is 1. The van der Waals surface area contributed by atoms with E-state index in [-0.39, 0.29) is 10.8 Å². The molecule has 1 atom stereocenters. The summed E-state index contributed by atoms with van der Waals surface area (Å²) in [6.07, 6.45) is 3.80. The van der Waals surface area contributed by atoms with Gasteiger partial charge in [0.15, 0.2) is 16.3 Å². The first-order chi connectivity index (χ1) is 9.99. The van der Waals surface area contributed by atoms with E-state index in [0.29, 0.717) is 17.7 Å². The molecule has 0 fully saturated rings. The Morgan fingerprint density at radius 1 is 1.48 bits per heavy atom. The second-order valence-corrected chi connectivity index (χ2v) is 6.29. The Morgan fingerprint density at radius 3 is 2.81 bits per heavy atom. The number of fused-ring (bicyclic) bond motifs is 1. The lowest BCUT2D eigenvalue weighted by Crippen LogP contribution is -2.29. The molecule has 1 N–H and O–H groups in total. The normalized spacial score (nSPS) is 12.7. The predicted molar refractivity (Wildman–Crippen MR) is 86.0 cm³/mol. The van der Waals surface area contributed by atoms with Crippen LogP contribution in [0, 0.1) is 0 Å². The second-order valence-electron chi connectivity index (χ2n) is 4.95. The van der Waals surface area contributed by atoms with E-state index < -0.39 is 5.69 Å². The minimum Gasteiger partial charge on any atom is -0.313 e. The average Bonchev–Trinajstić information content (AvgIpc) is 2.81. The van der Waals surface area contributed by atoms with E-state index in [0.717, 1.165) is 18.0 Å². The highest BCUT2D eigenvalue weighted by atomic mass is 32.2. The van der Waals surface area contributed by atoms with E-state index in [1.807, 2.05) is 17.6 Å². The van der Waals surface area contributed by atoms with Crippen molar-refractivity contribution in [1.29, 1.82) is 0 Å². The molecule has 0 bridgehead atoms. The third kappa shape index (κ3) is 2.97. The van der Waals surface area contributed by atoms with Gasteiger partial charge in [-0.25, -0.2) is 9.78 Å². The van der Waals surface area contributed by atoms with Gasteiger partial charge in [-0.15, -0.1) is 6.58 Å². The van der Waals surface area contributed by atoms with Crippen molar-refractivity contribution in [2.75, 3.05) is 0 Å². The second kappa shape index (κ2) is 6.34. The van der Waals surface area contributed by atoms with Crippen LogP contribution in [0.25, 0.3) is 11.2 Å². The Morgan fingerprint density at radius 2 is 2.19 bits per heavy atom. The Bertz CT molecular complexity index is 772. The number of unbranched alkanes of at least 4 members (excludes halogenated alkanes) is 1. The SMILES string of the molecule is C=CC(C)Sc1nc2c(c(=O)[nH]c(=O)n2C)n1CCCC. The molecular formula is C14H20N4O2S. The van der Waals surface area contributed by atoms with Gasteiger partial charge in [0.2, 0.25) is 0 Å². The van der Waals surface area contributed by atoms with Crippen LogP contribution in [0.4, 0.5) is 0 Å². The fraction of sp³-hybridized carbons (Fsp3) is 0.500. The number of aryl methyl sites for hydroxylation is 2. The van der Waals surface area contributed by atoms with Crippen molar-refractivity contribution < 1.29 is 0 Å². The molecule has 0 saturated heterocycles. The number of aromatic amines is 1. The molecular weight excluding hydrogens is 288 g/mol. The van der Waals surface area contributed by atoms with Crippen LogP contribution < -0.4 is 11.2 Å². The molecule has 2 rings (SSSR count). The van der Waals surface area contributed by atoms with Crippen molar-refractivity contribution in [3.8, 4) is 0 Å². The maximum Gasteiger partial charge on any atom is 0.329 e. The Balaban J connectivity index is 2.69. The number of hydrogen-bond acceptors (Lipinski definition) is 4. The minimum absolute atomic E-state index is 0.179. The zero-order chi connectivity index (χ0) is 15.6. The largest absolute Gasteiger partial charge is 0.329 e. The van der Waals surface area contributed by atoms with Crippen LogP contribution in [0.1, 0.15) is 26.7 Å². The van der Waals surface area contributed by atoms with Gasteiger partial charge in [-0.2, -0.15) is 0 Å². The maximum atomic E-state index is 12.1. The molecule has 0 aliphatic rings. The van der Waals surface area contributed by atoms with E-state index in [4.69, 9.17) is 0 Å². The molecule has 0 saturated carbocycles. The first-order valence-corrected chi connectivity index (χ1v) is 7.86. The fourth-order valence-corrected chi connectivity index (χ4v) is 2.92. The number of imidazole rings is 1. The minimum atomic E-state index is -0.444. The third-order valence-electron chi connectivity index (χ3n) is 3.33. The molecule has 0 aliphatic carbocycles. The standard InChI is InChI=1S/C14H20N4O2S/c1-5-7-8-18-10-11(15-14(18)21-9(3)6-2)17(4)13(20)16-12(10)19/h6,9H,2,5,7-8H2,1,3-4H3,(H,16,19,20). The van der Waals surface area contributed by atoms with Crippen LogP contribution in [0.15, 0.2) is 27.4 Å². The number of hydrogen-bond donors (Lipinski definition) is 1. The first-order valence-electron chi connectivity index (χ1n) is 6.98.